The Balaban J connectivity index is 1.28. The number of aromatic nitrogens is 3. The number of pyridine rings is 1. The van der Waals surface area contributed by atoms with E-state index < -0.39 is 0 Å². The van der Waals surface area contributed by atoms with Crippen LogP contribution in [0.15, 0.2) is 71.7 Å². The summed E-state index contributed by atoms with van der Waals surface area (Å²) >= 11 is 0. The predicted octanol–water partition coefficient (Wildman–Crippen LogP) is 4.75. The average molecular weight is 537 g/mol. The Bertz CT molecular complexity index is 1570. The lowest BCUT2D eigenvalue weighted by Crippen LogP contribution is -2.42. The molecule has 40 heavy (non-hydrogen) atoms. The van der Waals surface area contributed by atoms with E-state index in [-0.39, 0.29) is 23.6 Å². The van der Waals surface area contributed by atoms with Gasteiger partial charge in [-0.15, -0.1) is 0 Å². The Morgan fingerprint density at radius 3 is 2.33 bits per heavy atom. The molecule has 2 aliphatic rings. The second kappa shape index (κ2) is 11.2. The highest BCUT2D eigenvalue weighted by Gasteiger charge is 2.26. The van der Waals surface area contributed by atoms with Gasteiger partial charge in [-0.1, -0.05) is 42.5 Å². The summed E-state index contributed by atoms with van der Waals surface area (Å²) in [5.74, 6) is 0.609. The Kier molecular flexibility index (Phi) is 7.34. The normalized spacial score (nSPS) is 17.3. The van der Waals surface area contributed by atoms with Gasteiger partial charge in [-0.05, 0) is 82.1 Å². The maximum atomic E-state index is 14.1. The number of likely N-dealkylation sites (tertiary alicyclic amines) is 2. The molecule has 2 fully saturated rings. The molecule has 2 aromatic heterocycles. The Morgan fingerprint density at radius 1 is 0.900 bits per heavy atom. The lowest BCUT2D eigenvalue weighted by molar-refractivity contribution is 0.0718. The molecule has 1 amide bonds. The third-order valence-electron chi connectivity index (χ3n) is 8.40. The van der Waals surface area contributed by atoms with Crippen molar-refractivity contribution < 1.29 is 4.79 Å². The molecule has 2 aliphatic heterocycles. The van der Waals surface area contributed by atoms with Crippen LogP contribution in [0.5, 0.6) is 0 Å². The first-order valence-electron chi connectivity index (χ1n) is 14.3. The average Bonchev–Trinajstić information content (AvgIpc) is 2.98. The molecule has 0 radical (unpaired) electrons. The van der Waals surface area contributed by atoms with Crippen molar-refractivity contribution in [3.05, 3.63) is 88.3 Å². The number of nitrogens with one attached hydrogen (secondary N) is 1. The van der Waals surface area contributed by atoms with Crippen molar-refractivity contribution >= 4 is 22.9 Å². The van der Waals surface area contributed by atoms with Crippen molar-refractivity contribution in [2.24, 2.45) is 0 Å². The minimum atomic E-state index is 0.00809. The van der Waals surface area contributed by atoms with E-state index in [1.165, 1.54) is 0 Å². The third kappa shape index (κ3) is 5.23. The van der Waals surface area contributed by atoms with E-state index in [9.17, 15) is 9.59 Å². The summed E-state index contributed by atoms with van der Waals surface area (Å²) in [5, 5.41) is 4.37. The number of hydrogen-bond acceptors (Lipinski definition) is 6. The second-order valence-electron chi connectivity index (χ2n) is 11.1. The molecular formula is C32H36N6O2. The standard InChI is InChI=1S/C32H36N6O2/c1-22-8-6-7-11-27(22)28-20-24-21-33-32(35-29(24)38(31(28)40)26-14-16-36(2)17-15-26)34-25-12-18-37(19-13-25)30(39)23-9-4-3-5-10-23/h3-11,20-21,25-26H,12-19H2,1-2H3,(H,33,34,35). The van der Waals surface area contributed by atoms with E-state index >= 15 is 0 Å². The van der Waals surface area contributed by atoms with Gasteiger partial charge in [0.05, 0.1) is 0 Å². The first kappa shape index (κ1) is 26.2. The molecule has 0 atom stereocenters. The number of carbonyl (C=O) groups is 1. The molecule has 0 spiro atoms. The van der Waals surface area contributed by atoms with Crippen LogP contribution in [0.1, 0.15) is 47.6 Å². The van der Waals surface area contributed by atoms with Crippen LogP contribution >= 0.6 is 0 Å². The number of piperidine rings is 2. The number of carbonyl (C=O) groups excluding carboxylic acids is 1. The van der Waals surface area contributed by atoms with Gasteiger partial charge in [0, 0.05) is 47.9 Å². The Morgan fingerprint density at radius 2 is 1.60 bits per heavy atom. The van der Waals surface area contributed by atoms with E-state index in [2.05, 4.69) is 22.2 Å². The van der Waals surface area contributed by atoms with Crippen molar-refractivity contribution in [3.8, 4) is 11.1 Å². The molecule has 2 saturated heterocycles. The zero-order chi connectivity index (χ0) is 27.6. The van der Waals surface area contributed by atoms with E-state index in [0.717, 1.165) is 60.8 Å². The van der Waals surface area contributed by atoms with Crippen LogP contribution in [-0.2, 0) is 0 Å². The number of benzene rings is 2. The predicted molar refractivity (Wildman–Crippen MR) is 159 cm³/mol. The summed E-state index contributed by atoms with van der Waals surface area (Å²) in [7, 11) is 2.13. The molecule has 8 heteroatoms. The highest BCUT2D eigenvalue weighted by Crippen LogP contribution is 2.29. The number of aryl methyl sites for hydroxylation is 1. The molecule has 4 heterocycles. The fraction of sp³-hybridized carbons (Fsp3) is 0.375. The largest absolute Gasteiger partial charge is 0.351 e. The van der Waals surface area contributed by atoms with Crippen LogP contribution in [0.25, 0.3) is 22.2 Å². The number of nitrogens with zero attached hydrogens (tertiary/aromatic N) is 5. The van der Waals surface area contributed by atoms with Gasteiger partial charge in [0.15, 0.2) is 0 Å². The van der Waals surface area contributed by atoms with Gasteiger partial charge in [0.2, 0.25) is 5.95 Å². The van der Waals surface area contributed by atoms with Crippen LogP contribution in [0.2, 0.25) is 0 Å². The maximum Gasteiger partial charge on any atom is 0.260 e. The van der Waals surface area contributed by atoms with Crippen molar-refractivity contribution in [1.29, 1.82) is 0 Å². The fourth-order valence-corrected chi connectivity index (χ4v) is 6.02. The number of fused-ring (bicyclic) bond motifs is 1. The highest BCUT2D eigenvalue weighted by atomic mass is 16.2. The number of amides is 1. The SMILES string of the molecule is Cc1ccccc1-c1cc2cnc(NC3CCN(C(=O)c4ccccc4)CC3)nc2n(C2CCN(C)CC2)c1=O. The van der Waals surface area contributed by atoms with Crippen molar-refractivity contribution in [3.63, 3.8) is 0 Å². The van der Waals surface area contributed by atoms with Crippen LogP contribution in [0.3, 0.4) is 0 Å². The molecule has 8 nitrogen and oxygen atoms in total. The molecule has 2 aromatic carbocycles. The van der Waals surface area contributed by atoms with Gasteiger partial charge in [-0.2, -0.15) is 4.98 Å². The molecule has 6 rings (SSSR count). The maximum absolute atomic E-state index is 14.1. The Labute approximate surface area is 234 Å². The van der Waals surface area contributed by atoms with Crippen molar-refractivity contribution in [1.82, 2.24) is 24.3 Å². The van der Waals surface area contributed by atoms with E-state index in [1.807, 2.05) is 83.3 Å². The summed E-state index contributed by atoms with van der Waals surface area (Å²) < 4.78 is 1.93. The lowest BCUT2D eigenvalue weighted by atomic mass is 9.99. The summed E-state index contributed by atoms with van der Waals surface area (Å²) in [4.78, 5) is 40.7. The molecule has 4 aromatic rings. The molecular weight excluding hydrogens is 500 g/mol. The van der Waals surface area contributed by atoms with Crippen LogP contribution in [0.4, 0.5) is 5.95 Å². The number of rotatable bonds is 5. The number of hydrogen-bond donors (Lipinski definition) is 1. The van der Waals surface area contributed by atoms with Gasteiger partial charge in [-0.3, -0.25) is 14.2 Å². The van der Waals surface area contributed by atoms with E-state index in [1.54, 1.807) is 0 Å². The second-order valence-corrected chi connectivity index (χ2v) is 11.1. The molecule has 0 unspecified atom stereocenters. The summed E-state index contributed by atoms with van der Waals surface area (Å²) in [5.41, 5.74) is 4.15. The molecule has 206 valence electrons. The molecule has 0 bridgehead atoms. The zero-order valence-electron chi connectivity index (χ0n) is 23.2. The smallest absolute Gasteiger partial charge is 0.260 e. The Hall–Kier alpha value is -4.04. The van der Waals surface area contributed by atoms with Crippen molar-refractivity contribution in [2.45, 2.75) is 44.7 Å². The minimum Gasteiger partial charge on any atom is -0.351 e. The van der Waals surface area contributed by atoms with Crippen molar-refractivity contribution in [2.75, 3.05) is 38.5 Å². The monoisotopic (exact) mass is 536 g/mol. The summed E-state index contributed by atoms with van der Waals surface area (Å²) in [6.07, 6.45) is 5.28. The van der Waals surface area contributed by atoms with E-state index in [4.69, 9.17) is 4.98 Å². The third-order valence-corrected chi connectivity index (χ3v) is 8.40. The van der Waals surface area contributed by atoms with Gasteiger partial charge in [0.1, 0.15) is 5.65 Å². The van der Waals surface area contributed by atoms with Gasteiger partial charge in [-0.25, -0.2) is 4.98 Å². The molecule has 0 saturated carbocycles. The van der Waals surface area contributed by atoms with Crippen LogP contribution in [-0.4, -0.2) is 69.5 Å². The first-order valence-corrected chi connectivity index (χ1v) is 14.3. The van der Waals surface area contributed by atoms with E-state index in [0.29, 0.717) is 30.2 Å². The van der Waals surface area contributed by atoms with Gasteiger partial charge < -0.3 is 15.1 Å². The number of anilines is 1. The summed E-state index contributed by atoms with van der Waals surface area (Å²) in [6.45, 7) is 5.30. The quantitative estimate of drug-likeness (QED) is 0.396. The lowest BCUT2D eigenvalue weighted by Gasteiger charge is -2.33. The van der Waals surface area contributed by atoms with Gasteiger partial charge in [0.25, 0.3) is 11.5 Å². The van der Waals surface area contributed by atoms with Gasteiger partial charge >= 0.3 is 0 Å². The summed E-state index contributed by atoms with van der Waals surface area (Å²) in [6, 6.07) is 19.7. The highest BCUT2D eigenvalue weighted by molar-refractivity contribution is 5.94. The molecule has 1 N–H and O–H groups in total. The minimum absolute atomic E-state index is 0.00809. The first-order chi connectivity index (χ1) is 19.5. The topological polar surface area (TPSA) is 83.4 Å². The van der Waals surface area contributed by atoms with Crippen LogP contribution < -0.4 is 10.9 Å². The fourth-order valence-electron chi connectivity index (χ4n) is 6.02. The molecule has 0 aliphatic carbocycles. The zero-order valence-corrected chi connectivity index (χ0v) is 23.2. The van der Waals surface area contributed by atoms with Crippen LogP contribution in [0, 0.1) is 6.92 Å².